The van der Waals surface area contributed by atoms with Gasteiger partial charge in [-0.05, 0) is 45.1 Å². The molecule has 1 aliphatic carbocycles. The molecule has 70 valence electrons. The molecule has 0 spiro atoms. The molecular weight excluding hydrogens is 150 g/mol. The lowest BCUT2D eigenvalue weighted by molar-refractivity contribution is 0.131. The first-order valence-electron chi connectivity index (χ1n) is 5.24. The first-order valence-corrected chi connectivity index (χ1v) is 5.24. The molecule has 1 aliphatic heterocycles. The molecule has 2 heteroatoms. The summed E-state index contributed by atoms with van der Waals surface area (Å²) in [6, 6.07) is 0.698. The third-order valence-electron chi connectivity index (χ3n) is 3.20. The largest absolute Gasteiger partial charge is 0.390 e. The molecule has 12 heavy (non-hydrogen) atoms. The molecule has 0 amide bonds. The van der Waals surface area contributed by atoms with Gasteiger partial charge in [0.15, 0.2) is 0 Å². The zero-order valence-electron chi connectivity index (χ0n) is 7.68. The molecule has 0 bridgehead atoms. The van der Waals surface area contributed by atoms with Crippen molar-refractivity contribution in [2.45, 2.75) is 56.6 Å². The summed E-state index contributed by atoms with van der Waals surface area (Å²) in [5, 5.41) is 13.1. The van der Waals surface area contributed by atoms with Crippen molar-refractivity contribution in [2.75, 3.05) is 6.54 Å². The molecule has 2 fully saturated rings. The van der Waals surface area contributed by atoms with Gasteiger partial charge in [-0.15, -0.1) is 0 Å². The first kappa shape index (κ1) is 8.52. The number of rotatable bonds is 3. The van der Waals surface area contributed by atoms with Crippen LogP contribution in [0.4, 0.5) is 0 Å². The van der Waals surface area contributed by atoms with Crippen LogP contribution in [-0.2, 0) is 0 Å². The minimum atomic E-state index is -0.237. The minimum Gasteiger partial charge on any atom is -0.390 e. The van der Waals surface area contributed by atoms with Crippen molar-refractivity contribution in [1.29, 1.82) is 0 Å². The summed E-state index contributed by atoms with van der Waals surface area (Å²) < 4.78 is 0. The number of piperidine rings is 1. The lowest BCUT2D eigenvalue weighted by atomic mass is 9.98. The maximum absolute atomic E-state index is 9.63. The molecule has 0 radical (unpaired) electrons. The Hall–Kier alpha value is -0.0800. The molecule has 2 N–H and O–H groups in total. The van der Waals surface area contributed by atoms with Crippen LogP contribution in [0.1, 0.15) is 44.9 Å². The van der Waals surface area contributed by atoms with E-state index in [9.17, 15) is 5.11 Å². The summed E-state index contributed by atoms with van der Waals surface area (Å²) in [5.41, 5.74) is -0.237. The standard InChI is InChI=1S/C10H19NO/c12-10(6-7-10)5-4-9-3-1-2-8-11-9/h9,11-12H,1-8H2. The molecule has 0 aromatic rings. The number of aliphatic hydroxyl groups is 1. The predicted octanol–water partition coefficient (Wildman–Crippen LogP) is 1.43. The summed E-state index contributed by atoms with van der Waals surface area (Å²) in [5.74, 6) is 0. The van der Waals surface area contributed by atoms with Crippen LogP contribution in [0.5, 0.6) is 0 Å². The molecule has 1 unspecified atom stereocenters. The van der Waals surface area contributed by atoms with Crippen LogP contribution in [0.15, 0.2) is 0 Å². The molecule has 0 aromatic heterocycles. The van der Waals surface area contributed by atoms with Crippen LogP contribution in [-0.4, -0.2) is 23.3 Å². The second kappa shape index (κ2) is 3.35. The molecule has 1 atom stereocenters. The smallest absolute Gasteiger partial charge is 0.0650 e. The van der Waals surface area contributed by atoms with Crippen molar-refractivity contribution in [2.24, 2.45) is 0 Å². The zero-order valence-corrected chi connectivity index (χ0v) is 7.68. The second-order valence-corrected chi connectivity index (χ2v) is 4.41. The lowest BCUT2D eigenvalue weighted by Crippen LogP contribution is -2.34. The first-order chi connectivity index (χ1) is 5.79. The highest BCUT2D eigenvalue weighted by Crippen LogP contribution is 2.39. The van der Waals surface area contributed by atoms with Gasteiger partial charge in [-0.3, -0.25) is 0 Å². The van der Waals surface area contributed by atoms with Crippen LogP contribution < -0.4 is 5.32 Å². The van der Waals surface area contributed by atoms with Crippen molar-refractivity contribution in [3.63, 3.8) is 0 Å². The van der Waals surface area contributed by atoms with Crippen LogP contribution in [0.2, 0.25) is 0 Å². The monoisotopic (exact) mass is 169 g/mol. The second-order valence-electron chi connectivity index (χ2n) is 4.41. The van der Waals surface area contributed by atoms with Crippen molar-refractivity contribution in [3.05, 3.63) is 0 Å². The summed E-state index contributed by atoms with van der Waals surface area (Å²) in [6.07, 6.45) is 8.30. The van der Waals surface area contributed by atoms with Gasteiger partial charge in [-0.1, -0.05) is 6.42 Å². The summed E-state index contributed by atoms with van der Waals surface area (Å²) in [6.45, 7) is 1.18. The number of hydrogen-bond acceptors (Lipinski definition) is 2. The highest BCUT2D eigenvalue weighted by atomic mass is 16.3. The zero-order chi connectivity index (χ0) is 8.44. The fraction of sp³-hybridized carbons (Fsp3) is 1.00. The Morgan fingerprint density at radius 1 is 1.33 bits per heavy atom. The fourth-order valence-electron chi connectivity index (χ4n) is 2.01. The Kier molecular flexibility index (Phi) is 2.37. The van der Waals surface area contributed by atoms with Crippen molar-refractivity contribution < 1.29 is 5.11 Å². The van der Waals surface area contributed by atoms with Gasteiger partial charge < -0.3 is 10.4 Å². The van der Waals surface area contributed by atoms with E-state index in [-0.39, 0.29) is 5.60 Å². The van der Waals surface area contributed by atoms with E-state index in [1.54, 1.807) is 0 Å². The summed E-state index contributed by atoms with van der Waals surface area (Å²) in [7, 11) is 0. The van der Waals surface area contributed by atoms with E-state index in [4.69, 9.17) is 0 Å². The summed E-state index contributed by atoms with van der Waals surface area (Å²) in [4.78, 5) is 0. The predicted molar refractivity (Wildman–Crippen MR) is 49.1 cm³/mol. The van der Waals surface area contributed by atoms with Gasteiger partial charge in [-0.2, -0.15) is 0 Å². The fourth-order valence-corrected chi connectivity index (χ4v) is 2.01. The van der Waals surface area contributed by atoms with Crippen molar-refractivity contribution >= 4 is 0 Å². The Bertz CT molecular complexity index is 148. The topological polar surface area (TPSA) is 32.3 Å². The quantitative estimate of drug-likeness (QED) is 0.670. The molecular formula is C10H19NO. The molecule has 1 saturated carbocycles. The molecule has 2 aliphatic rings. The molecule has 0 aromatic carbocycles. The van der Waals surface area contributed by atoms with Gasteiger partial charge >= 0.3 is 0 Å². The number of nitrogens with one attached hydrogen (secondary N) is 1. The Balaban J connectivity index is 1.65. The van der Waals surface area contributed by atoms with Gasteiger partial charge in [0.1, 0.15) is 0 Å². The van der Waals surface area contributed by atoms with Crippen molar-refractivity contribution in [1.82, 2.24) is 5.32 Å². The van der Waals surface area contributed by atoms with Gasteiger partial charge in [-0.25, -0.2) is 0 Å². The maximum atomic E-state index is 9.63. The van der Waals surface area contributed by atoms with E-state index < -0.39 is 0 Å². The van der Waals surface area contributed by atoms with Gasteiger partial charge in [0.25, 0.3) is 0 Å². The van der Waals surface area contributed by atoms with Crippen LogP contribution in [0.3, 0.4) is 0 Å². The van der Waals surface area contributed by atoms with Gasteiger partial charge in [0, 0.05) is 6.04 Å². The SMILES string of the molecule is OC1(CCC2CCCCN2)CC1. The van der Waals surface area contributed by atoms with Crippen LogP contribution >= 0.6 is 0 Å². The summed E-state index contributed by atoms with van der Waals surface area (Å²) >= 11 is 0. The Morgan fingerprint density at radius 3 is 2.75 bits per heavy atom. The van der Waals surface area contributed by atoms with Gasteiger partial charge in [0.2, 0.25) is 0 Å². The van der Waals surface area contributed by atoms with E-state index in [2.05, 4.69) is 5.32 Å². The van der Waals surface area contributed by atoms with E-state index >= 15 is 0 Å². The van der Waals surface area contributed by atoms with Crippen molar-refractivity contribution in [3.8, 4) is 0 Å². The molecule has 2 rings (SSSR count). The Labute approximate surface area is 74.4 Å². The van der Waals surface area contributed by atoms with E-state index in [1.807, 2.05) is 0 Å². The van der Waals surface area contributed by atoms with Crippen LogP contribution in [0, 0.1) is 0 Å². The molecule has 1 heterocycles. The van der Waals surface area contributed by atoms with Gasteiger partial charge in [0.05, 0.1) is 5.60 Å². The van der Waals surface area contributed by atoms with E-state index in [1.165, 1.54) is 32.2 Å². The molecule has 2 nitrogen and oxygen atoms in total. The average Bonchev–Trinajstić information content (AvgIpc) is 2.84. The normalized spacial score (nSPS) is 33.2. The highest BCUT2D eigenvalue weighted by Gasteiger charge is 2.39. The van der Waals surface area contributed by atoms with Crippen LogP contribution in [0.25, 0.3) is 0 Å². The number of hydrogen-bond donors (Lipinski definition) is 2. The van der Waals surface area contributed by atoms with E-state index in [0.717, 1.165) is 19.3 Å². The average molecular weight is 169 g/mol. The maximum Gasteiger partial charge on any atom is 0.0650 e. The lowest BCUT2D eigenvalue weighted by Gasteiger charge is -2.24. The Morgan fingerprint density at radius 2 is 2.17 bits per heavy atom. The third kappa shape index (κ3) is 2.20. The van der Waals surface area contributed by atoms with E-state index in [0.29, 0.717) is 6.04 Å². The highest BCUT2D eigenvalue weighted by molar-refractivity contribution is 4.94. The minimum absolute atomic E-state index is 0.237. The third-order valence-corrected chi connectivity index (χ3v) is 3.20. The molecule has 1 saturated heterocycles.